The summed E-state index contributed by atoms with van der Waals surface area (Å²) in [5, 5.41) is 21.5. The summed E-state index contributed by atoms with van der Waals surface area (Å²) in [4.78, 5) is 12.2. The minimum atomic E-state index is 0.0774. The molecule has 0 fully saturated rings. The molecule has 0 unspecified atom stereocenters. The number of thioether (sulfide) groups is 1. The molecule has 8 heteroatoms. The van der Waals surface area contributed by atoms with E-state index in [9.17, 15) is 5.11 Å². The van der Waals surface area contributed by atoms with Gasteiger partial charge in [0.25, 0.3) is 0 Å². The van der Waals surface area contributed by atoms with E-state index in [1.807, 2.05) is 30.6 Å². The molecule has 0 atom stereocenters. The number of hydrogen-bond donors (Lipinski definition) is 3. The Hall–Kier alpha value is -3.18. The van der Waals surface area contributed by atoms with Crippen molar-refractivity contribution in [2.45, 2.75) is 0 Å². The summed E-state index contributed by atoms with van der Waals surface area (Å²) in [7, 11) is 1.50. The van der Waals surface area contributed by atoms with E-state index in [4.69, 9.17) is 10.00 Å². The lowest BCUT2D eigenvalue weighted by Gasteiger charge is -2.04. The van der Waals surface area contributed by atoms with Crippen LogP contribution >= 0.6 is 11.8 Å². The largest absolute Gasteiger partial charge is 0.504 e. The molecule has 3 N–H and O–H groups in total. The Morgan fingerprint density at radius 2 is 2.20 bits per heavy atom. The van der Waals surface area contributed by atoms with Gasteiger partial charge in [-0.3, -0.25) is 5.32 Å². The van der Waals surface area contributed by atoms with Gasteiger partial charge in [-0.25, -0.2) is 9.98 Å². The maximum Gasteiger partial charge on any atom is 0.183 e. The number of ether oxygens (including phenoxy) is 1. The number of imidazole rings is 1. The third-order valence-corrected chi connectivity index (χ3v) is 4.09. The average molecular weight is 353 g/mol. The van der Waals surface area contributed by atoms with Crippen LogP contribution in [-0.2, 0) is 0 Å². The molecular weight excluding hydrogens is 338 g/mol. The predicted octanol–water partition coefficient (Wildman–Crippen LogP) is 3.37. The maximum atomic E-state index is 9.71. The lowest BCUT2D eigenvalue weighted by molar-refractivity contribution is 0.373. The third-order valence-electron chi connectivity index (χ3n) is 3.51. The van der Waals surface area contributed by atoms with E-state index in [1.165, 1.54) is 18.9 Å². The number of amidine groups is 1. The summed E-state index contributed by atoms with van der Waals surface area (Å²) in [5.74, 6) is 1.12. The van der Waals surface area contributed by atoms with Gasteiger partial charge in [-0.1, -0.05) is 11.8 Å². The van der Waals surface area contributed by atoms with E-state index in [-0.39, 0.29) is 5.75 Å². The zero-order valence-corrected chi connectivity index (χ0v) is 14.4. The van der Waals surface area contributed by atoms with Crippen molar-refractivity contribution in [2.75, 3.05) is 13.4 Å². The third kappa shape index (κ3) is 3.51. The van der Waals surface area contributed by atoms with Gasteiger partial charge in [-0.05, 0) is 42.7 Å². The van der Waals surface area contributed by atoms with E-state index in [0.717, 1.165) is 16.6 Å². The minimum absolute atomic E-state index is 0.0774. The summed E-state index contributed by atoms with van der Waals surface area (Å²) in [5.41, 5.74) is 3.12. The number of aromatic amines is 1. The van der Waals surface area contributed by atoms with Crippen molar-refractivity contribution in [3.63, 3.8) is 0 Å². The normalized spacial score (nSPS) is 11.3. The van der Waals surface area contributed by atoms with Gasteiger partial charge in [0.2, 0.25) is 0 Å². The highest BCUT2D eigenvalue weighted by molar-refractivity contribution is 8.13. The van der Waals surface area contributed by atoms with E-state index < -0.39 is 0 Å². The smallest absolute Gasteiger partial charge is 0.183 e. The molecule has 0 aliphatic carbocycles. The van der Waals surface area contributed by atoms with Gasteiger partial charge >= 0.3 is 0 Å². The molecule has 7 nitrogen and oxygen atoms in total. The van der Waals surface area contributed by atoms with Gasteiger partial charge in [0.05, 0.1) is 23.8 Å². The second-order valence-electron chi connectivity index (χ2n) is 5.03. The van der Waals surface area contributed by atoms with Crippen molar-refractivity contribution in [1.82, 2.24) is 15.3 Å². The second kappa shape index (κ2) is 7.15. The highest BCUT2D eigenvalue weighted by Gasteiger charge is 2.09. The lowest BCUT2D eigenvalue weighted by atomic mass is 10.2. The number of rotatable bonds is 3. The first-order valence-corrected chi connectivity index (χ1v) is 8.52. The first kappa shape index (κ1) is 16.7. The van der Waals surface area contributed by atoms with Crippen LogP contribution in [-0.4, -0.2) is 33.6 Å². The molecule has 0 spiro atoms. The van der Waals surface area contributed by atoms with Crippen LogP contribution in [0.2, 0.25) is 0 Å². The van der Waals surface area contributed by atoms with Gasteiger partial charge in [0.1, 0.15) is 5.82 Å². The zero-order chi connectivity index (χ0) is 17.8. The summed E-state index contributed by atoms with van der Waals surface area (Å²) in [6, 6.07) is 10.6. The maximum absolute atomic E-state index is 9.71. The number of nitriles is 1. The Labute approximate surface area is 148 Å². The molecule has 1 aromatic heterocycles. The molecule has 0 saturated carbocycles. The zero-order valence-electron chi connectivity index (χ0n) is 13.6. The highest BCUT2D eigenvalue weighted by Crippen LogP contribution is 2.31. The Bertz CT molecular complexity index is 990. The fourth-order valence-electron chi connectivity index (χ4n) is 2.32. The molecule has 0 amide bonds. The van der Waals surface area contributed by atoms with E-state index in [2.05, 4.69) is 20.3 Å². The molecule has 1 heterocycles. The van der Waals surface area contributed by atoms with Crippen LogP contribution < -0.4 is 10.1 Å². The molecule has 25 heavy (non-hydrogen) atoms. The van der Waals surface area contributed by atoms with Crippen molar-refractivity contribution >= 4 is 33.7 Å². The molecule has 2 aromatic carbocycles. The van der Waals surface area contributed by atoms with E-state index in [1.54, 1.807) is 18.2 Å². The number of phenolic OH excluding ortho intramolecular Hbond substituents is 1. The Morgan fingerprint density at radius 1 is 1.36 bits per heavy atom. The Morgan fingerprint density at radius 3 is 2.92 bits per heavy atom. The topological polar surface area (TPSA) is 106 Å². The Kier molecular flexibility index (Phi) is 4.77. The highest BCUT2D eigenvalue weighted by atomic mass is 32.2. The quantitative estimate of drug-likeness (QED) is 0.288. The number of nitrogens with one attached hydrogen (secondary N) is 2. The average Bonchev–Trinajstić information content (AvgIpc) is 3.05. The lowest BCUT2D eigenvalue weighted by Crippen LogP contribution is -2.12. The number of methoxy groups -OCH3 is 1. The molecule has 126 valence electrons. The first-order valence-electron chi connectivity index (χ1n) is 7.29. The van der Waals surface area contributed by atoms with E-state index in [0.29, 0.717) is 22.4 Å². The number of H-pyrrole nitrogens is 1. The SMILES string of the molecule is COc1cc(-c2nc3ccc(N=C(NC#N)SC)cc3[nH]2)ccc1O. The predicted molar refractivity (Wildman–Crippen MR) is 99.1 cm³/mol. The number of phenols is 1. The summed E-state index contributed by atoms with van der Waals surface area (Å²) in [6.07, 6.45) is 3.70. The number of aromatic nitrogens is 2. The minimum Gasteiger partial charge on any atom is -0.504 e. The molecule has 3 aromatic rings. The number of nitrogens with zero attached hydrogens (tertiary/aromatic N) is 3. The molecular formula is C17H15N5O2S. The first-order chi connectivity index (χ1) is 12.1. The summed E-state index contributed by atoms with van der Waals surface area (Å²) < 4.78 is 5.13. The number of aliphatic imine (C=N–C) groups is 1. The fraction of sp³-hybridized carbons (Fsp3) is 0.118. The number of fused-ring (bicyclic) bond motifs is 1. The second-order valence-corrected chi connectivity index (χ2v) is 5.83. The monoisotopic (exact) mass is 353 g/mol. The Balaban J connectivity index is 1.99. The molecule has 0 aliphatic heterocycles. The number of benzene rings is 2. The molecule has 0 aliphatic rings. The molecule has 0 saturated heterocycles. The summed E-state index contributed by atoms with van der Waals surface area (Å²) in [6.45, 7) is 0. The molecule has 3 rings (SSSR count). The van der Waals surface area contributed by atoms with Gasteiger partial charge in [-0.2, -0.15) is 5.26 Å². The van der Waals surface area contributed by atoms with Crippen LogP contribution in [0.1, 0.15) is 0 Å². The van der Waals surface area contributed by atoms with Gasteiger partial charge in [-0.15, -0.1) is 0 Å². The van der Waals surface area contributed by atoms with Gasteiger partial charge in [0, 0.05) is 5.56 Å². The van der Waals surface area contributed by atoms with Crippen molar-refractivity contribution in [1.29, 1.82) is 5.26 Å². The van der Waals surface area contributed by atoms with Crippen molar-refractivity contribution in [2.24, 2.45) is 4.99 Å². The van der Waals surface area contributed by atoms with Crippen LogP contribution in [0.5, 0.6) is 11.5 Å². The van der Waals surface area contributed by atoms with E-state index >= 15 is 0 Å². The molecule has 0 bridgehead atoms. The molecule has 0 radical (unpaired) electrons. The van der Waals surface area contributed by atoms with Gasteiger partial charge in [0.15, 0.2) is 22.9 Å². The van der Waals surface area contributed by atoms with Crippen LogP contribution in [0.3, 0.4) is 0 Å². The van der Waals surface area contributed by atoms with Crippen LogP contribution in [0.15, 0.2) is 41.4 Å². The van der Waals surface area contributed by atoms with Gasteiger partial charge < -0.3 is 14.8 Å². The number of aromatic hydroxyl groups is 1. The van der Waals surface area contributed by atoms with Crippen LogP contribution in [0.25, 0.3) is 22.4 Å². The fourth-order valence-corrected chi connectivity index (χ4v) is 2.66. The standard InChI is InChI=1S/C17H15N5O2S/c1-24-15-7-10(3-6-14(15)23)16-21-12-5-4-11(8-13(12)22-16)20-17(25-2)19-9-18/h3-8,23H,1-2H3,(H,19,20)(H,21,22). The van der Waals surface area contributed by atoms with Crippen LogP contribution in [0.4, 0.5) is 5.69 Å². The van der Waals surface area contributed by atoms with Crippen molar-refractivity contribution < 1.29 is 9.84 Å². The van der Waals surface area contributed by atoms with Crippen molar-refractivity contribution in [3.8, 4) is 29.1 Å². The summed E-state index contributed by atoms with van der Waals surface area (Å²) >= 11 is 1.36. The van der Waals surface area contributed by atoms with Crippen molar-refractivity contribution in [3.05, 3.63) is 36.4 Å². The van der Waals surface area contributed by atoms with Crippen LogP contribution in [0, 0.1) is 11.5 Å². The number of hydrogen-bond acceptors (Lipinski definition) is 6.